The number of benzene rings is 1. The van der Waals surface area contributed by atoms with Gasteiger partial charge in [-0.1, -0.05) is 11.6 Å². The number of halogens is 1. The first-order chi connectivity index (χ1) is 12.1. The molecule has 1 amide bonds. The van der Waals surface area contributed by atoms with Gasteiger partial charge in [-0.2, -0.15) is 0 Å². The third kappa shape index (κ3) is 4.86. The lowest BCUT2D eigenvalue weighted by molar-refractivity contribution is 0.0248. The number of hydrazine groups is 1. The quantitative estimate of drug-likeness (QED) is 0.471. The molecule has 7 nitrogen and oxygen atoms in total. The number of carbonyl (C=O) groups excluding carboxylic acids is 1. The van der Waals surface area contributed by atoms with Crippen LogP contribution in [0.1, 0.15) is 40.0 Å². The van der Waals surface area contributed by atoms with Crippen LogP contribution in [0.4, 0.5) is 16.2 Å². The van der Waals surface area contributed by atoms with E-state index in [1.54, 1.807) is 22.0 Å². The lowest BCUT2D eigenvalue weighted by Gasteiger charge is -2.34. The number of amides is 1. The lowest BCUT2D eigenvalue weighted by Crippen LogP contribution is -2.49. The topological polar surface area (TPSA) is 94.0 Å². The third-order valence-corrected chi connectivity index (χ3v) is 4.65. The van der Waals surface area contributed by atoms with Crippen LogP contribution >= 0.6 is 11.6 Å². The molecule has 146 valence electrons. The summed E-state index contributed by atoms with van der Waals surface area (Å²) in [5.41, 5.74) is 6.54. The molecular weight excluding hydrogens is 356 g/mol. The molecular formula is C18H29ClN4O3. The van der Waals surface area contributed by atoms with Crippen LogP contribution < -0.4 is 21.3 Å². The summed E-state index contributed by atoms with van der Waals surface area (Å²) in [7, 11) is 1.54. The molecule has 1 heterocycles. The highest BCUT2D eigenvalue weighted by molar-refractivity contribution is 6.35. The highest BCUT2D eigenvalue weighted by atomic mass is 35.5. The van der Waals surface area contributed by atoms with Gasteiger partial charge in [-0.05, 0) is 52.2 Å². The smallest absolute Gasteiger partial charge is 0.410 e. The van der Waals surface area contributed by atoms with Crippen LogP contribution in [-0.4, -0.2) is 42.8 Å². The number of likely N-dealkylation sites (tertiary alicyclic amines) is 1. The molecule has 1 fully saturated rings. The summed E-state index contributed by atoms with van der Waals surface area (Å²) in [5, 5.41) is 1.92. The highest BCUT2D eigenvalue weighted by Gasteiger charge is 2.30. The van der Waals surface area contributed by atoms with Crippen molar-refractivity contribution in [3.63, 3.8) is 0 Å². The summed E-state index contributed by atoms with van der Waals surface area (Å²) >= 11 is 6.42. The average Bonchev–Trinajstić information content (AvgIpc) is 2.79. The molecule has 0 bridgehead atoms. The molecule has 0 spiro atoms. The summed E-state index contributed by atoms with van der Waals surface area (Å²) in [6, 6.07) is 3.29. The van der Waals surface area contributed by atoms with Crippen molar-refractivity contribution in [1.29, 1.82) is 0 Å². The Kier molecular flexibility index (Phi) is 6.47. The fourth-order valence-corrected chi connectivity index (χ4v) is 3.35. The van der Waals surface area contributed by atoms with Crippen molar-refractivity contribution < 1.29 is 14.3 Å². The van der Waals surface area contributed by atoms with Gasteiger partial charge in [0, 0.05) is 13.1 Å². The lowest BCUT2D eigenvalue weighted by atomic mass is 10.1. The van der Waals surface area contributed by atoms with E-state index in [9.17, 15) is 4.79 Å². The van der Waals surface area contributed by atoms with E-state index >= 15 is 0 Å². The van der Waals surface area contributed by atoms with Gasteiger partial charge in [-0.15, -0.1) is 0 Å². The number of anilines is 2. The number of rotatable bonds is 3. The minimum Gasteiger partial charge on any atom is -0.495 e. The van der Waals surface area contributed by atoms with E-state index in [1.807, 2.05) is 20.8 Å². The molecule has 1 aliphatic rings. The van der Waals surface area contributed by atoms with Crippen molar-refractivity contribution in [2.45, 2.75) is 51.7 Å². The molecule has 8 heteroatoms. The average molecular weight is 385 g/mol. The fourth-order valence-electron chi connectivity index (χ4n) is 3.00. The molecule has 0 aliphatic carbocycles. The number of nitrogens with zero attached hydrogens (tertiary/aromatic N) is 2. The first-order valence-corrected chi connectivity index (χ1v) is 9.15. The van der Waals surface area contributed by atoms with Gasteiger partial charge in [0.1, 0.15) is 16.4 Å². The summed E-state index contributed by atoms with van der Waals surface area (Å²) in [6.45, 7) is 6.64. The second kappa shape index (κ2) is 8.22. The normalized spacial score (nSPS) is 18.2. The molecule has 0 aromatic heterocycles. The van der Waals surface area contributed by atoms with E-state index in [-0.39, 0.29) is 12.1 Å². The Hall–Kier alpha value is -1.86. The molecule has 4 N–H and O–H groups in total. The van der Waals surface area contributed by atoms with Crippen molar-refractivity contribution in [3.05, 3.63) is 17.2 Å². The molecule has 26 heavy (non-hydrogen) atoms. The zero-order chi connectivity index (χ0) is 19.5. The van der Waals surface area contributed by atoms with Crippen LogP contribution in [0.25, 0.3) is 0 Å². The van der Waals surface area contributed by atoms with E-state index in [2.05, 4.69) is 0 Å². The monoisotopic (exact) mass is 384 g/mol. The van der Waals surface area contributed by atoms with Crippen molar-refractivity contribution in [1.82, 2.24) is 4.90 Å². The van der Waals surface area contributed by atoms with Gasteiger partial charge in [-0.25, -0.2) is 10.6 Å². The van der Waals surface area contributed by atoms with Crippen LogP contribution in [0.5, 0.6) is 5.75 Å². The van der Waals surface area contributed by atoms with E-state index in [0.717, 1.165) is 19.3 Å². The maximum Gasteiger partial charge on any atom is 0.410 e. The predicted molar refractivity (Wildman–Crippen MR) is 105 cm³/mol. The maximum absolute atomic E-state index is 12.5. The molecule has 1 aromatic rings. The van der Waals surface area contributed by atoms with Gasteiger partial charge >= 0.3 is 6.09 Å². The Labute approximate surface area is 160 Å². The summed E-state index contributed by atoms with van der Waals surface area (Å²) in [5.74, 6) is 6.89. The Morgan fingerprint density at radius 2 is 2.04 bits per heavy atom. The Balaban J connectivity index is 2.23. The van der Waals surface area contributed by atoms with Gasteiger partial charge < -0.3 is 25.1 Å². The summed E-state index contributed by atoms with van der Waals surface area (Å²) in [4.78, 5) is 14.2. The molecule has 1 saturated heterocycles. The van der Waals surface area contributed by atoms with E-state index in [4.69, 9.17) is 32.7 Å². The van der Waals surface area contributed by atoms with Crippen molar-refractivity contribution in [2.75, 3.05) is 30.9 Å². The number of nitrogens with two attached hydrogens (primary N) is 2. The Bertz CT molecular complexity index is 648. The third-order valence-electron chi connectivity index (χ3n) is 4.28. The molecule has 2 rings (SSSR count). The van der Waals surface area contributed by atoms with Crippen LogP contribution in [0.3, 0.4) is 0 Å². The van der Waals surface area contributed by atoms with Gasteiger partial charge in [0.15, 0.2) is 0 Å². The second-order valence-electron chi connectivity index (χ2n) is 7.50. The van der Waals surface area contributed by atoms with Crippen molar-refractivity contribution in [3.8, 4) is 5.75 Å². The molecule has 1 aromatic carbocycles. The minimum atomic E-state index is -0.540. The molecule has 1 atom stereocenters. The van der Waals surface area contributed by atoms with Crippen molar-refractivity contribution in [2.24, 2.45) is 5.84 Å². The zero-order valence-corrected chi connectivity index (χ0v) is 16.7. The Morgan fingerprint density at radius 1 is 1.35 bits per heavy atom. The predicted octanol–water partition coefficient (Wildman–Crippen LogP) is 3.40. The first kappa shape index (κ1) is 20.5. The summed E-state index contributed by atoms with van der Waals surface area (Å²) in [6.07, 6.45) is 2.33. The largest absolute Gasteiger partial charge is 0.495 e. The van der Waals surface area contributed by atoms with E-state index < -0.39 is 5.60 Å². The highest BCUT2D eigenvalue weighted by Crippen LogP contribution is 2.39. The number of nitrogen functional groups attached to an aromatic ring is 1. The molecule has 1 aliphatic heterocycles. The van der Waals surface area contributed by atoms with Gasteiger partial charge in [0.25, 0.3) is 0 Å². The van der Waals surface area contributed by atoms with Gasteiger partial charge in [0.2, 0.25) is 0 Å². The molecule has 0 radical (unpaired) electrons. The summed E-state index contributed by atoms with van der Waals surface area (Å²) < 4.78 is 10.8. The number of carbonyl (C=O) groups is 1. The number of hydrogen-bond donors (Lipinski definition) is 2. The van der Waals surface area contributed by atoms with E-state index in [0.29, 0.717) is 35.2 Å². The fraction of sp³-hybridized carbons (Fsp3) is 0.611. The standard InChI is InChI=1S/C18H29ClN4O3/c1-18(2,3)26-17(24)22-10-6-5-7-12(11-22)23(21)16-13(20)8-9-14(25-4)15(16)19/h8-9,12H,5-7,10-11,20-21H2,1-4H3/t12-/m1/s1. The van der Waals surface area contributed by atoms with Crippen LogP contribution in [0, 0.1) is 0 Å². The van der Waals surface area contributed by atoms with Crippen molar-refractivity contribution >= 4 is 29.1 Å². The maximum atomic E-state index is 12.5. The van der Waals surface area contributed by atoms with Crippen LogP contribution in [0.15, 0.2) is 12.1 Å². The van der Waals surface area contributed by atoms with E-state index in [1.165, 1.54) is 7.11 Å². The number of methoxy groups -OCH3 is 1. The van der Waals surface area contributed by atoms with Gasteiger partial charge in [0.05, 0.1) is 24.5 Å². The second-order valence-corrected chi connectivity index (χ2v) is 7.88. The SMILES string of the molecule is COc1ccc(N)c(N(N)[C@@H]2CCCCN(C(=O)OC(C)(C)C)C2)c1Cl. The molecule has 0 saturated carbocycles. The number of ether oxygens (including phenoxy) is 2. The Morgan fingerprint density at radius 3 is 2.65 bits per heavy atom. The first-order valence-electron chi connectivity index (χ1n) is 8.78. The minimum absolute atomic E-state index is 0.128. The van der Waals surface area contributed by atoms with Crippen LogP contribution in [-0.2, 0) is 4.74 Å². The van der Waals surface area contributed by atoms with Crippen LogP contribution in [0.2, 0.25) is 5.02 Å². The molecule has 0 unspecified atom stereocenters. The zero-order valence-electron chi connectivity index (χ0n) is 15.9. The van der Waals surface area contributed by atoms with Gasteiger partial charge in [-0.3, -0.25) is 0 Å². The number of hydrogen-bond acceptors (Lipinski definition) is 6.